The Morgan fingerprint density at radius 1 is 1.40 bits per heavy atom. The van der Waals surface area contributed by atoms with Crippen LogP contribution in [0.3, 0.4) is 0 Å². The third-order valence-electron chi connectivity index (χ3n) is 1.87. The lowest BCUT2D eigenvalue weighted by molar-refractivity contribution is -0.114. The van der Waals surface area contributed by atoms with Crippen LogP contribution in [-0.4, -0.2) is 17.0 Å². The van der Waals surface area contributed by atoms with Gasteiger partial charge in [0.1, 0.15) is 0 Å². The first-order chi connectivity index (χ1) is 6.93. The lowest BCUT2D eigenvalue weighted by atomic mass is 10.1. The predicted octanol–water partition coefficient (Wildman–Crippen LogP) is 2.31. The molecule has 0 aliphatic carbocycles. The molecule has 1 aromatic carbocycles. The number of amides is 1. The van der Waals surface area contributed by atoms with Crippen molar-refractivity contribution in [2.75, 3.05) is 5.32 Å². The summed E-state index contributed by atoms with van der Waals surface area (Å²) in [5, 5.41) is 11.6. The molecule has 0 radical (unpaired) electrons. The van der Waals surface area contributed by atoms with E-state index in [4.69, 9.17) is 16.7 Å². The molecule has 2 N–H and O–H groups in total. The molecule has 0 spiro atoms. The Morgan fingerprint density at radius 3 is 2.47 bits per heavy atom. The van der Waals surface area contributed by atoms with E-state index in [9.17, 15) is 9.59 Å². The van der Waals surface area contributed by atoms with Crippen LogP contribution in [-0.2, 0) is 4.79 Å². The van der Waals surface area contributed by atoms with Crippen LogP contribution in [0.5, 0.6) is 0 Å². The summed E-state index contributed by atoms with van der Waals surface area (Å²) in [4.78, 5) is 21.7. The van der Waals surface area contributed by atoms with Gasteiger partial charge >= 0.3 is 5.97 Å². The zero-order valence-electron chi connectivity index (χ0n) is 8.30. The van der Waals surface area contributed by atoms with Crippen molar-refractivity contribution < 1.29 is 14.7 Å². The maximum Gasteiger partial charge on any atom is 0.337 e. The monoisotopic (exact) mass is 227 g/mol. The summed E-state index contributed by atoms with van der Waals surface area (Å²) in [6, 6.07) is 3.01. The Labute approximate surface area is 91.9 Å². The Morgan fingerprint density at radius 2 is 2.00 bits per heavy atom. The van der Waals surface area contributed by atoms with Gasteiger partial charge in [-0.05, 0) is 18.6 Å². The predicted molar refractivity (Wildman–Crippen MR) is 57.5 cm³/mol. The van der Waals surface area contributed by atoms with E-state index in [1.165, 1.54) is 13.0 Å². The van der Waals surface area contributed by atoms with Gasteiger partial charge in [-0.25, -0.2) is 4.79 Å². The highest BCUT2D eigenvalue weighted by molar-refractivity contribution is 6.35. The molecule has 1 aromatic rings. The molecule has 0 heterocycles. The molecule has 0 aliphatic rings. The van der Waals surface area contributed by atoms with Crippen LogP contribution in [0.25, 0.3) is 0 Å². The van der Waals surface area contributed by atoms with Crippen LogP contribution in [0, 0.1) is 6.92 Å². The van der Waals surface area contributed by atoms with E-state index in [2.05, 4.69) is 5.32 Å². The Bertz CT molecular complexity index is 429. The maximum atomic E-state index is 10.9. The normalized spacial score (nSPS) is 9.80. The van der Waals surface area contributed by atoms with Crippen molar-refractivity contribution in [3.8, 4) is 0 Å². The number of hydrogen-bond acceptors (Lipinski definition) is 2. The lowest BCUT2D eigenvalue weighted by Crippen LogP contribution is -2.11. The maximum absolute atomic E-state index is 10.9. The highest BCUT2D eigenvalue weighted by atomic mass is 35.5. The van der Waals surface area contributed by atoms with Crippen molar-refractivity contribution in [1.29, 1.82) is 0 Å². The molecule has 0 aliphatic heterocycles. The first-order valence-corrected chi connectivity index (χ1v) is 4.61. The van der Waals surface area contributed by atoms with Crippen molar-refractivity contribution >= 4 is 29.2 Å². The zero-order chi connectivity index (χ0) is 11.6. The van der Waals surface area contributed by atoms with E-state index in [0.29, 0.717) is 5.56 Å². The number of rotatable bonds is 2. The van der Waals surface area contributed by atoms with Crippen molar-refractivity contribution in [2.24, 2.45) is 0 Å². The van der Waals surface area contributed by atoms with E-state index in [-0.39, 0.29) is 22.2 Å². The summed E-state index contributed by atoms with van der Waals surface area (Å²) in [5.74, 6) is -1.48. The van der Waals surface area contributed by atoms with Gasteiger partial charge in [-0.15, -0.1) is 0 Å². The third-order valence-corrected chi connectivity index (χ3v) is 2.35. The molecule has 0 aromatic heterocycles. The van der Waals surface area contributed by atoms with Crippen LogP contribution in [0.2, 0.25) is 5.02 Å². The average Bonchev–Trinajstić information content (AvgIpc) is 2.12. The van der Waals surface area contributed by atoms with E-state index < -0.39 is 5.97 Å². The van der Waals surface area contributed by atoms with Gasteiger partial charge in [0.15, 0.2) is 0 Å². The molecule has 0 atom stereocenters. The third kappa shape index (κ3) is 2.47. The van der Waals surface area contributed by atoms with Crippen molar-refractivity contribution in [3.63, 3.8) is 0 Å². The largest absolute Gasteiger partial charge is 0.478 e. The molecular weight excluding hydrogens is 218 g/mol. The Kier molecular flexibility index (Phi) is 3.31. The van der Waals surface area contributed by atoms with Gasteiger partial charge in [0, 0.05) is 6.92 Å². The second kappa shape index (κ2) is 4.31. The minimum atomic E-state index is -1.12. The number of benzene rings is 1. The topological polar surface area (TPSA) is 66.4 Å². The summed E-state index contributed by atoms with van der Waals surface area (Å²) in [7, 11) is 0. The standard InChI is InChI=1S/C10H10ClNO3/c1-5-3-4-7(10(14)15)9(8(5)11)12-6(2)13/h3-4H,1-2H3,(H,12,13)(H,14,15). The van der Waals surface area contributed by atoms with Crippen LogP contribution >= 0.6 is 11.6 Å². The fourth-order valence-corrected chi connectivity index (χ4v) is 1.37. The number of anilines is 1. The molecule has 1 rings (SSSR count). The molecule has 4 nitrogen and oxygen atoms in total. The van der Waals surface area contributed by atoms with Crippen LogP contribution in [0.15, 0.2) is 12.1 Å². The molecule has 1 amide bonds. The van der Waals surface area contributed by atoms with Crippen LogP contribution < -0.4 is 5.32 Å². The molecule has 5 heteroatoms. The molecular formula is C10H10ClNO3. The number of hydrogen-bond donors (Lipinski definition) is 2. The number of nitrogens with one attached hydrogen (secondary N) is 1. The van der Waals surface area contributed by atoms with Gasteiger partial charge < -0.3 is 10.4 Å². The summed E-state index contributed by atoms with van der Waals surface area (Å²) in [5.41, 5.74) is 0.850. The second-order valence-electron chi connectivity index (χ2n) is 3.11. The number of aryl methyl sites for hydroxylation is 1. The number of aromatic carboxylic acids is 1. The Hall–Kier alpha value is -1.55. The fourth-order valence-electron chi connectivity index (χ4n) is 1.16. The number of halogens is 1. The first-order valence-electron chi connectivity index (χ1n) is 4.23. The van der Waals surface area contributed by atoms with Crippen LogP contribution in [0.4, 0.5) is 5.69 Å². The molecule has 0 bridgehead atoms. The van der Waals surface area contributed by atoms with Gasteiger partial charge in [-0.1, -0.05) is 17.7 Å². The van der Waals surface area contributed by atoms with Crippen LogP contribution in [0.1, 0.15) is 22.8 Å². The highest BCUT2D eigenvalue weighted by Gasteiger charge is 2.15. The molecule has 80 valence electrons. The first kappa shape index (κ1) is 11.5. The van der Waals surface area contributed by atoms with Gasteiger partial charge in [0.05, 0.1) is 16.3 Å². The molecule has 0 saturated carbocycles. The molecule has 0 saturated heterocycles. The summed E-state index contributed by atoms with van der Waals surface area (Å²) in [6.07, 6.45) is 0. The molecule has 0 unspecified atom stereocenters. The van der Waals surface area contributed by atoms with Gasteiger partial charge in [-0.2, -0.15) is 0 Å². The average molecular weight is 228 g/mol. The molecule has 0 fully saturated rings. The van der Waals surface area contributed by atoms with E-state index in [1.807, 2.05) is 0 Å². The summed E-state index contributed by atoms with van der Waals surface area (Å²) in [6.45, 7) is 3.03. The molecule has 15 heavy (non-hydrogen) atoms. The van der Waals surface area contributed by atoms with Crippen molar-refractivity contribution in [2.45, 2.75) is 13.8 Å². The van der Waals surface area contributed by atoms with E-state index in [0.717, 1.165) is 0 Å². The number of carboxylic acids is 1. The van der Waals surface area contributed by atoms with Crippen molar-refractivity contribution in [3.05, 3.63) is 28.3 Å². The van der Waals surface area contributed by atoms with Gasteiger partial charge in [0.25, 0.3) is 0 Å². The Balaban J connectivity index is 3.34. The smallest absolute Gasteiger partial charge is 0.337 e. The fraction of sp³-hybridized carbons (Fsp3) is 0.200. The quantitative estimate of drug-likeness (QED) is 0.815. The highest BCUT2D eigenvalue weighted by Crippen LogP contribution is 2.29. The lowest BCUT2D eigenvalue weighted by Gasteiger charge is -2.10. The number of carboxylic acid groups (broad SMARTS) is 1. The van der Waals surface area contributed by atoms with Gasteiger partial charge in [0.2, 0.25) is 5.91 Å². The van der Waals surface area contributed by atoms with Gasteiger partial charge in [-0.3, -0.25) is 4.79 Å². The zero-order valence-corrected chi connectivity index (χ0v) is 9.05. The SMILES string of the molecule is CC(=O)Nc1c(C(=O)O)ccc(C)c1Cl. The number of carbonyl (C=O) groups excluding carboxylic acids is 1. The summed E-state index contributed by atoms with van der Waals surface area (Å²) < 4.78 is 0. The minimum absolute atomic E-state index is 0.0131. The second-order valence-corrected chi connectivity index (χ2v) is 3.48. The minimum Gasteiger partial charge on any atom is -0.478 e. The van der Waals surface area contributed by atoms with Crippen molar-refractivity contribution in [1.82, 2.24) is 0 Å². The summed E-state index contributed by atoms with van der Waals surface area (Å²) >= 11 is 5.91. The van der Waals surface area contributed by atoms with E-state index in [1.54, 1.807) is 13.0 Å². The van der Waals surface area contributed by atoms with E-state index >= 15 is 0 Å². The number of carbonyl (C=O) groups is 2.